The standard InChI is InChI=1S/C31H36Cl2FN3O4S/c1-4-22(2)35-31(39)29(20-23-12-6-5-7-13-23)36(21-24-25(32)14-10-15-26(24)33)30(38)18-11-19-37(42(3,40)41)28-17-9-8-16-27(28)34/h5-10,12-17,22,29H,4,11,18-21H2,1-3H3,(H,35,39). The van der Waals surface area contributed by atoms with Gasteiger partial charge < -0.3 is 10.2 Å². The summed E-state index contributed by atoms with van der Waals surface area (Å²) in [5.41, 5.74) is 1.25. The van der Waals surface area contributed by atoms with Crippen molar-refractivity contribution in [3.8, 4) is 0 Å². The molecule has 7 nitrogen and oxygen atoms in total. The van der Waals surface area contributed by atoms with Crippen molar-refractivity contribution in [2.45, 2.75) is 58.2 Å². The number of benzene rings is 3. The average molecular weight is 637 g/mol. The number of carbonyl (C=O) groups excluding carboxylic acids is 2. The van der Waals surface area contributed by atoms with Gasteiger partial charge in [0, 0.05) is 47.6 Å². The molecule has 0 aromatic heterocycles. The SMILES string of the molecule is CCC(C)NC(=O)C(Cc1ccccc1)N(Cc1c(Cl)cccc1Cl)C(=O)CCCN(c1ccccc1F)S(C)(=O)=O. The van der Waals surface area contributed by atoms with Gasteiger partial charge in [-0.1, -0.05) is 78.7 Å². The molecular formula is C31H36Cl2FN3O4S. The van der Waals surface area contributed by atoms with Crippen LogP contribution in [-0.4, -0.2) is 50.0 Å². The average Bonchev–Trinajstić information content (AvgIpc) is 2.94. The first-order valence-corrected chi connectivity index (χ1v) is 16.3. The Morgan fingerprint density at radius 3 is 2.17 bits per heavy atom. The van der Waals surface area contributed by atoms with Crippen LogP contribution < -0.4 is 9.62 Å². The van der Waals surface area contributed by atoms with Crippen LogP contribution in [0.4, 0.5) is 10.1 Å². The third-order valence-corrected chi connectivity index (χ3v) is 8.82. The quantitative estimate of drug-likeness (QED) is 0.227. The Morgan fingerprint density at radius 2 is 1.57 bits per heavy atom. The second kappa shape index (κ2) is 15.4. The van der Waals surface area contributed by atoms with Gasteiger partial charge in [0.15, 0.2) is 0 Å². The molecule has 2 amide bonds. The fraction of sp³-hybridized carbons (Fsp3) is 0.355. The molecular weight excluding hydrogens is 600 g/mol. The fourth-order valence-electron chi connectivity index (χ4n) is 4.49. The molecule has 0 bridgehead atoms. The van der Waals surface area contributed by atoms with Crippen LogP contribution in [0.5, 0.6) is 0 Å². The number of amides is 2. The summed E-state index contributed by atoms with van der Waals surface area (Å²) >= 11 is 13.0. The molecule has 0 aliphatic rings. The van der Waals surface area contributed by atoms with Crippen molar-refractivity contribution in [3.63, 3.8) is 0 Å². The molecule has 226 valence electrons. The summed E-state index contributed by atoms with van der Waals surface area (Å²) in [6.45, 7) is 3.67. The molecule has 42 heavy (non-hydrogen) atoms. The zero-order chi connectivity index (χ0) is 30.9. The van der Waals surface area contributed by atoms with Crippen molar-refractivity contribution in [1.29, 1.82) is 0 Å². The van der Waals surface area contributed by atoms with Crippen molar-refractivity contribution in [2.75, 3.05) is 17.1 Å². The van der Waals surface area contributed by atoms with Gasteiger partial charge in [0.2, 0.25) is 21.8 Å². The highest BCUT2D eigenvalue weighted by Gasteiger charge is 2.32. The van der Waals surface area contributed by atoms with Crippen molar-refractivity contribution in [1.82, 2.24) is 10.2 Å². The summed E-state index contributed by atoms with van der Waals surface area (Å²) in [4.78, 5) is 29.0. The summed E-state index contributed by atoms with van der Waals surface area (Å²) in [6.07, 6.45) is 1.90. The number of hydrogen-bond acceptors (Lipinski definition) is 4. The molecule has 0 aliphatic heterocycles. The zero-order valence-corrected chi connectivity index (χ0v) is 26.2. The molecule has 0 saturated carbocycles. The Bertz CT molecular complexity index is 1450. The van der Waals surface area contributed by atoms with Gasteiger partial charge in [0.25, 0.3) is 0 Å². The van der Waals surface area contributed by atoms with Crippen LogP contribution in [-0.2, 0) is 32.6 Å². The van der Waals surface area contributed by atoms with Crippen LogP contribution in [0.3, 0.4) is 0 Å². The topological polar surface area (TPSA) is 86.8 Å². The molecule has 3 aromatic rings. The van der Waals surface area contributed by atoms with Crippen LogP contribution in [0.2, 0.25) is 10.0 Å². The highest BCUT2D eigenvalue weighted by molar-refractivity contribution is 7.92. The molecule has 0 fully saturated rings. The Hall–Kier alpha value is -3.14. The third kappa shape index (κ3) is 9.18. The van der Waals surface area contributed by atoms with E-state index in [9.17, 15) is 22.4 Å². The number of anilines is 1. The summed E-state index contributed by atoms with van der Waals surface area (Å²) in [5, 5.41) is 3.70. The van der Waals surface area contributed by atoms with Crippen molar-refractivity contribution >= 4 is 50.7 Å². The summed E-state index contributed by atoms with van der Waals surface area (Å²) in [7, 11) is -3.84. The Balaban J connectivity index is 1.94. The maximum Gasteiger partial charge on any atom is 0.243 e. The molecule has 1 N–H and O–H groups in total. The number of hydrogen-bond donors (Lipinski definition) is 1. The molecule has 0 saturated heterocycles. The molecule has 0 radical (unpaired) electrons. The lowest BCUT2D eigenvalue weighted by Gasteiger charge is -2.33. The van der Waals surface area contributed by atoms with E-state index in [1.54, 1.807) is 24.3 Å². The minimum atomic E-state index is -3.84. The molecule has 3 rings (SSSR count). The molecule has 3 aromatic carbocycles. The number of halogens is 3. The highest BCUT2D eigenvalue weighted by atomic mass is 35.5. The number of nitrogens with zero attached hydrogens (tertiary/aromatic N) is 2. The minimum Gasteiger partial charge on any atom is -0.352 e. The van der Waals surface area contributed by atoms with E-state index in [4.69, 9.17) is 23.2 Å². The molecule has 2 atom stereocenters. The van der Waals surface area contributed by atoms with Crippen LogP contribution in [0.25, 0.3) is 0 Å². The minimum absolute atomic E-state index is 0.0358. The molecule has 11 heteroatoms. The van der Waals surface area contributed by atoms with Crippen molar-refractivity contribution in [2.24, 2.45) is 0 Å². The number of sulfonamides is 1. The largest absolute Gasteiger partial charge is 0.352 e. The molecule has 0 spiro atoms. The first-order chi connectivity index (χ1) is 19.9. The van der Waals surface area contributed by atoms with Crippen LogP contribution in [0, 0.1) is 5.82 Å². The summed E-state index contributed by atoms with van der Waals surface area (Å²) in [6, 6.07) is 18.9. The van der Waals surface area contributed by atoms with E-state index in [2.05, 4.69) is 5.32 Å². The van der Waals surface area contributed by atoms with Crippen LogP contribution in [0.1, 0.15) is 44.2 Å². The van der Waals surface area contributed by atoms with E-state index in [0.717, 1.165) is 16.1 Å². The maximum absolute atomic E-state index is 14.5. The van der Waals surface area contributed by atoms with Gasteiger partial charge in [-0.2, -0.15) is 0 Å². The van der Waals surface area contributed by atoms with Gasteiger partial charge in [0.1, 0.15) is 11.9 Å². The third-order valence-electron chi connectivity index (χ3n) is 6.94. The van der Waals surface area contributed by atoms with E-state index in [1.165, 1.54) is 23.1 Å². The molecule has 2 unspecified atom stereocenters. The number of carbonyl (C=O) groups is 2. The number of rotatable bonds is 14. The highest BCUT2D eigenvalue weighted by Crippen LogP contribution is 2.28. The zero-order valence-electron chi connectivity index (χ0n) is 23.9. The van der Waals surface area contributed by atoms with Gasteiger partial charge in [0.05, 0.1) is 11.9 Å². The van der Waals surface area contributed by atoms with Crippen molar-refractivity contribution in [3.05, 3.63) is 99.8 Å². The van der Waals surface area contributed by atoms with E-state index < -0.39 is 27.8 Å². The van der Waals surface area contributed by atoms with Gasteiger partial charge in [-0.15, -0.1) is 0 Å². The first-order valence-electron chi connectivity index (χ1n) is 13.7. The van der Waals surface area contributed by atoms with E-state index in [1.807, 2.05) is 44.2 Å². The molecule has 0 aliphatic carbocycles. The predicted octanol–water partition coefficient (Wildman–Crippen LogP) is 6.23. The Kier molecular flexibility index (Phi) is 12.2. The van der Waals surface area contributed by atoms with Gasteiger partial charge in [-0.3, -0.25) is 13.9 Å². The normalized spacial score (nSPS) is 12.8. The monoisotopic (exact) mass is 635 g/mol. The molecule has 0 heterocycles. The summed E-state index contributed by atoms with van der Waals surface area (Å²) < 4.78 is 40.5. The Labute approximate surface area is 257 Å². The van der Waals surface area contributed by atoms with Gasteiger partial charge in [-0.05, 0) is 49.6 Å². The van der Waals surface area contributed by atoms with E-state index in [-0.39, 0.29) is 50.0 Å². The maximum atomic E-state index is 14.5. The lowest BCUT2D eigenvalue weighted by Crippen LogP contribution is -2.52. The first kappa shape index (κ1) is 33.4. The van der Waals surface area contributed by atoms with Crippen LogP contribution in [0.15, 0.2) is 72.8 Å². The predicted molar refractivity (Wildman–Crippen MR) is 167 cm³/mol. The van der Waals surface area contributed by atoms with E-state index in [0.29, 0.717) is 22.0 Å². The van der Waals surface area contributed by atoms with Gasteiger partial charge in [-0.25, -0.2) is 12.8 Å². The van der Waals surface area contributed by atoms with Crippen molar-refractivity contribution < 1.29 is 22.4 Å². The van der Waals surface area contributed by atoms with Crippen LogP contribution >= 0.6 is 23.2 Å². The number of nitrogens with one attached hydrogen (secondary N) is 1. The second-order valence-corrected chi connectivity index (χ2v) is 12.9. The number of para-hydroxylation sites is 1. The summed E-state index contributed by atoms with van der Waals surface area (Å²) in [5.74, 6) is -1.41. The lowest BCUT2D eigenvalue weighted by atomic mass is 10.0. The second-order valence-electron chi connectivity index (χ2n) is 10.1. The van der Waals surface area contributed by atoms with Gasteiger partial charge >= 0.3 is 0 Å². The smallest absolute Gasteiger partial charge is 0.243 e. The lowest BCUT2D eigenvalue weighted by molar-refractivity contribution is -0.141. The fourth-order valence-corrected chi connectivity index (χ4v) is 5.97. The van der Waals surface area contributed by atoms with E-state index >= 15 is 0 Å². The Morgan fingerprint density at radius 1 is 0.952 bits per heavy atom.